The second-order valence-electron chi connectivity index (χ2n) is 3.92. The first-order valence-electron chi connectivity index (χ1n) is 4.18. The average molecular weight is 204 g/mol. The van der Waals surface area contributed by atoms with Crippen molar-refractivity contribution in [1.82, 2.24) is 10.6 Å². The third kappa shape index (κ3) is 5.36. The quantitative estimate of drug-likeness (QED) is 0.499. The fraction of sp³-hybridized carbons (Fsp3) is 0.750. The molecule has 1 atom stereocenters. The van der Waals surface area contributed by atoms with Crippen molar-refractivity contribution in [2.45, 2.75) is 32.4 Å². The summed E-state index contributed by atoms with van der Waals surface area (Å²) in [6.45, 7) is 4.66. The van der Waals surface area contributed by atoms with E-state index in [0.29, 0.717) is 0 Å². The minimum absolute atomic E-state index is 0.442. The largest absolute Gasteiger partial charge is 0.480 e. The van der Waals surface area contributed by atoms with Gasteiger partial charge in [-0.15, -0.1) is 0 Å². The molecule has 0 spiro atoms. The van der Waals surface area contributed by atoms with Crippen LogP contribution in [0.3, 0.4) is 0 Å². The Kier molecular flexibility index (Phi) is 4.36. The summed E-state index contributed by atoms with van der Waals surface area (Å²) >= 11 is 0. The molecule has 0 rings (SSSR count). The Morgan fingerprint density at radius 3 is 2.14 bits per heavy atom. The van der Waals surface area contributed by atoms with Gasteiger partial charge in [0.1, 0.15) is 0 Å². The molecule has 6 heteroatoms. The predicted octanol–water partition coefficient (Wildman–Crippen LogP) is -0.470. The van der Waals surface area contributed by atoms with Crippen LogP contribution in [-0.4, -0.2) is 40.4 Å². The molecule has 0 aliphatic heterocycles. The summed E-state index contributed by atoms with van der Waals surface area (Å²) in [6, 6.07) is -1.88. The number of carboxylic acids is 1. The van der Waals surface area contributed by atoms with Crippen LogP contribution in [0.15, 0.2) is 0 Å². The van der Waals surface area contributed by atoms with E-state index in [9.17, 15) is 9.59 Å². The molecule has 82 valence electrons. The molecule has 6 nitrogen and oxygen atoms in total. The maximum atomic E-state index is 11.1. The Morgan fingerprint density at radius 2 is 1.86 bits per heavy atom. The van der Waals surface area contributed by atoms with Gasteiger partial charge in [0.25, 0.3) is 0 Å². The van der Waals surface area contributed by atoms with Gasteiger partial charge in [-0.25, -0.2) is 9.59 Å². The topological polar surface area (TPSA) is 98.7 Å². The van der Waals surface area contributed by atoms with Crippen molar-refractivity contribution in [1.29, 1.82) is 0 Å². The monoisotopic (exact) mass is 204 g/mol. The van der Waals surface area contributed by atoms with Gasteiger partial charge >= 0.3 is 12.0 Å². The van der Waals surface area contributed by atoms with Crippen molar-refractivity contribution in [3.63, 3.8) is 0 Å². The number of nitrogens with one attached hydrogen (secondary N) is 2. The molecule has 0 aliphatic carbocycles. The Morgan fingerprint density at radius 1 is 1.36 bits per heavy atom. The number of carboxylic acid groups (broad SMARTS) is 1. The molecule has 0 saturated heterocycles. The molecule has 0 aromatic rings. The molecular formula is C8H16N2O4. The van der Waals surface area contributed by atoms with Crippen LogP contribution in [0.4, 0.5) is 4.79 Å². The summed E-state index contributed by atoms with van der Waals surface area (Å²) in [5, 5.41) is 21.8. The van der Waals surface area contributed by atoms with Crippen molar-refractivity contribution in [3.05, 3.63) is 0 Å². The van der Waals surface area contributed by atoms with Gasteiger partial charge in [-0.05, 0) is 20.8 Å². The zero-order valence-electron chi connectivity index (χ0n) is 8.50. The van der Waals surface area contributed by atoms with Gasteiger partial charge < -0.3 is 20.8 Å². The fourth-order valence-electron chi connectivity index (χ4n) is 0.720. The van der Waals surface area contributed by atoms with Gasteiger partial charge in [0, 0.05) is 5.54 Å². The van der Waals surface area contributed by atoms with E-state index >= 15 is 0 Å². The molecule has 0 bridgehead atoms. The molecule has 0 unspecified atom stereocenters. The summed E-state index contributed by atoms with van der Waals surface area (Å²) in [4.78, 5) is 21.6. The highest BCUT2D eigenvalue weighted by Gasteiger charge is 2.21. The van der Waals surface area contributed by atoms with Gasteiger partial charge in [-0.1, -0.05) is 0 Å². The van der Waals surface area contributed by atoms with Crippen molar-refractivity contribution >= 4 is 12.0 Å². The first kappa shape index (κ1) is 12.7. The lowest BCUT2D eigenvalue weighted by atomic mass is 10.1. The molecule has 0 saturated carbocycles. The maximum Gasteiger partial charge on any atom is 0.328 e. The summed E-state index contributed by atoms with van der Waals surface area (Å²) in [7, 11) is 0. The van der Waals surface area contributed by atoms with E-state index < -0.39 is 30.2 Å². The lowest BCUT2D eigenvalue weighted by molar-refractivity contribution is -0.140. The molecule has 0 heterocycles. The highest BCUT2D eigenvalue weighted by molar-refractivity contribution is 5.82. The van der Waals surface area contributed by atoms with Gasteiger partial charge in [0.05, 0.1) is 6.61 Å². The molecule has 4 N–H and O–H groups in total. The minimum Gasteiger partial charge on any atom is -0.480 e. The van der Waals surface area contributed by atoms with E-state index in [2.05, 4.69) is 10.6 Å². The standard InChI is InChI=1S/C8H16N2O4/c1-8(2,3)10-7(14)9-5(4-11)6(12)13/h5,11H,4H2,1-3H3,(H,12,13)(H2,9,10,14)/t5-/m1/s1. The molecule has 0 aliphatic rings. The van der Waals surface area contributed by atoms with E-state index in [0.717, 1.165) is 0 Å². The van der Waals surface area contributed by atoms with Crippen LogP contribution in [-0.2, 0) is 4.79 Å². The molecule has 0 aromatic carbocycles. The van der Waals surface area contributed by atoms with Crippen molar-refractivity contribution < 1.29 is 19.8 Å². The van der Waals surface area contributed by atoms with Crippen LogP contribution < -0.4 is 10.6 Å². The van der Waals surface area contributed by atoms with Crippen LogP contribution in [0.25, 0.3) is 0 Å². The van der Waals surface area contributed by atoms with Crippen molar-refractivity contribution in [3.8, 4) is 0 Å². The van der Waals surface area contributed by atoms with Crippen molar-refractivity contribution in [2.24, 2.45) is 0 Å². The zero-order valence-corrected chi connectivity index (χ0v) is 8.50. The number of hydrogen-bond acceptors (Lipinski definition) is 3. The lowest BCUT2D eigenvalue weighted by Gasteiger charge is -2.22. The maximum absolute atomic E-state index is 11.1. The Labute approximate surface area is 82.3 Å². The third-order valence-corrected chi connectivity index (χ3v) is 1.27. The summed E-state index contributed by atoms with van der Waals surface area (Å²) in [5.41, 5.74) is -0.442. The third-order valence-electron chi connectivity index (χ3n) is 1.27. The SMILES string of the molecule is CC(C)(C)NC(=O)N[C@H](CO)C(=O)O. The normalized spacial score (nSPS) is 13.1. The minimum atomic E-state index is -1.27. The van der Waals surface area contributed by atoms with Crippen molar-refractivity contribution in [2.75, 3.05) is 6.61 Å². The first-order valence-corrected chi connectivity index (χ1v) is 4.18. The predicted molar refractivity (Wildman–Crippen MR) is 49.9 cm³/mol. The molecule has 0 radical (unpaired) electrons. The number of amides is 2. The van der Waals surface area contributed by atoms with Crippen LogP contribution in [0.5, 0.6) is 0 Å². The van der Waals surface area contributed by atoms with E-state index in [1.165, 1.54) is 0 Å². The Balaban J connectivity index is 4.11. The summed E-state index contributed by atoms with van der Waals surface area (Å²) in [6.07, 6.45) is 0. The van der Waals surface area contributed by atoms with Gasteiger partial charge in [-0.2, -0.15) is 0 Å². The number of carbonyl (C=O) groups excluding carboxylic acids is 1. The number of urea groups is 1. The summed E-state index contributed by atoms with van der Waals surface area (Å²) in [5.74, 6) is -1.27. The van der Waals surface area contributed by atoms with Crippen LogP contribution >= 0.6 is 0 Å². The first-order chi connectivity index (χ1) is 6.26. The number of aliphatic hydroxyl groups is 1. The number of carbonyl (C=O) groups is 2. The number of rotatable bonds is 3. The van der Waals surface area contributed by atoms with Crippen LogP contribution in [0.2, 0.25) is 0 Å². The summed E-state index contributed by atoms with van der Waals surface area (Å²) < 4.78 is 0. The van der Waals surface area contributed by atoms with E-state index in [-0.39, 0.29) is 0 Å². The highest BCUT2D eigenvalue weighted by Crippen LogP contribution is 1.97. The second kappa shape index (κ2) is 4.80. The molecule has 0 aromatic heterocycles. The van der Waals surface area contributed by atoms with E-state index in [1.807, 2.05) is 0 Å². The second-order valence-corrected chi connectivity index (χ2v) is 3.92. The highest BCUT2D eigenvalue weighted by atomic mass is 16.4. The molecule has 0 fully saturated rings. The smallest absolute Gasteiger partial charge is 0.328 e. The average Bonchev–Trinajstić information content (AvgIpc) is 1.96. The van der Waals surface area contributed by atoms with E-state index in [1.54, 1.807) is 20.8 Å². The van der Waals surface area contributed by atoms with Gasteiger partial charge in [-0.3, -0.25) is 0 Å². The fourth-order valence-corrected chi connectivity index (χ4v) is 0.720. The number of aliphatic hydroxyl groups excluding tert-OH is 1. The van der Waals surface area contributed by atoms with Crippen LogP contribution in [0.1, 0.15) is 20.8 Å². The Hall–Kier alpha value is -1.30. The molecule has 2 amide bonds. The lowest BCUT2D eigenvalue weighted by Crippen LogP contribution is -2.52. The van der Waals surface area contributed by atoms with Crippen LogP contribution in [0, 0.1) is 0 Å². The number of aliphatic carboxylic acids is 1. The molecular weight excluding hydrogens is 188 g/mol. The van der Waals surface area contributed by atoms with E-state index in [4.69, 9.17) is 10.2 Å². The molecule has 14 heavy (non-hydrogen) atoms. The van der Waals surface area contributed by atoms with Gasteiger partial charge in [0.15, 0.2) is 6.04 Å². The number of hydrogen-bond donors (Lipinski definition) is 4. The van der Waals surface area contributed by atoms with Gasteiger partial charge in [0.2, 0.25) is 0 Å². The Bertz CT molecular complexity index is 222. The zero-order chi connectivity index (χ0) is 11.4.